The van der Waals surface area contributed by atoms with E-state index in [1.807, 2.05) is 74.7 Å². The lowest BCUT2D eigenvalue weighted by Crippen LogP contribution is -2.34. The minimum Gasteiger partial charge on any atom is -0.444 e. The quantitative estimate of drug-likeness (QED) is 0.783. The molecular weight excluding hydrogens is 316 g/mol. The summed E-state index contributed by atoms with van der Waals surface area (Å²) in [6.07, 6.45) is 1.26. The number of hydrogen-bond donors (Lipinski definition) is 1. The van der Waals surface area contributed by atoms with Crippen molar-refractivity contribution < 1.29 is 9.53 Å². The molecule has 0 saturated carbocycles. The molecule has 6 nitrogen and oxygen atoms in total. The van der Waals surface area contributed by atoms with Crippen LogP contribution in [0.1, 0.15) is 39.6 Å². The molecule has 0 unspecified atom stereocenters. The van der Waals surface area contributed by atoms with Crippen LogP contribution in [0, 0.1) is 0 Å². The highest BCUT2D eigenvalue weighted by Crippen LogP contribution is 2.24. The second kappa shape index (κ2) is 6.55. The third-order valence-electron chi connectivity index (χ3n) is 3.58. The first-order valence-electron chi connectivity index (χ1n) is 8.23. The number of para-hydroxylation sites is 1. The van der Waals surface area contributed by atoms with E-state index in [0.717, 1.165) is 16.9 Å². The number of ether oxygens (including phenoxy) is 1. The Kier molecular flexibility index (Phi) is 4.44. The van der Waals surface area contributed by atoms with Crippen molar-refractivity contribution in [3.8, 4) is 5.69 Å². The normalized spacial score (nSPS) is 12.8. The summed E-state index contributed by atoms with van der Waals surface area (Å²) in [6.45, 7) is 7.38. The minimum absolute atomic E-state index is 0.343. The van der Waals surface area contributed by atoms with Crippen LogP contribution in [-0.2, 0) is 4.74 Å². The SMILES string of the molecule is C[C@H](NC(=O)OC(C)(C)C)c1nc2cccnc2n1-c1ccccc1. The number of carbonyl (C=O) groups excluding carboxylic acids is 1. The van der Waals surface area contributed by atoms with Gasteiger partial charge >= 0.3 is 6.09 Å². The Morgan fingerprint density at radius 3 is 2.56 bits per heavy atom. The number of alkyl carbamates (subject to hydrolysis) is 1. The zero-order valence-electron chi connectivity index (χ0n) is 14.9. The number of carbonyl (C=O) groups is 1. The molecule has 25 heavy (non-hydrogen) atoms. The van der Waals surface area contributed by atoms with Gasteiger partial charge in [-0.2, -0.15) is 0 Å². The largest absolute Gasteiger partial charge is 0.444 e. The van der Waals surface area contributed by atoms with Crippen molar-refractivity contribution in [1.29, 1.82) is 0 Å². The molecular formula is C19H22N4O2. The van der Waals surface area contributed by atoms with E-state index in [1.54, 1.807) is 6.20 Å². The maximum atomic E-state index is 12.1. The van der Waals surface area contributed by atoms with Crippen molar-refractivity contribution in [2.45, 2.75) is 39.3 Å². The van der Waals surface area contributed by atoms with Crippen LogP contribution >= 0.6 is 0 Å². The standard InChI is InChI=1S/C19H22N4O2/c1-13(21-18(24)25-19(2,3)4)16-22-15-11-8-12-20-17(15)23(16)14-9-6-5-7-10-14/h5-13H,1-4H3,(H,21,24)/t13-/m0/s1. The Balaban J connectivity index is 2.00. The van der Waals surface area contributed by atoms with Crippen molar-refractivity contribution in [1.82, 2.24) is 19.9 Å². The highest BCUT2D eigenvalue weighted by Gasteiger charge is 2.23. The average Bonchev–Trinajstić information content (AvgIpc) is 2.93. The molecule has 0 aliphatic rings. The van der Waals surface area contributed by atoms with Gasteiger partial charge in [0.25, 0.3) is 0 Å². The third kappa shape index (κ3) is 3.79. The molecule has 1 N–H and O–H groups in total. The third-order valence-corrected chi connectivity index (χ3v) is 3.58. The van der Waals surface area contributed by atoms with Gasteiger partial charge in [-0.15, -0.1) is 0 Å². The lowest BCUT2D eigenvalue weighted by molar-refractivity contribution is 0.0505. The van der Waals surface area contributed by atoms with Gasteiger partial charge in [0.15, 0.2) is 5.65 Å². The minimum atomic E-state index is -0.551. The molecule has 0 fully saturated rings. The molecule has 3 rings (SSSR count). The number of benzene rings is 1. The summed E-state index contributed by atoms with van der Waals surface area (Å²) in [5, 5.41) is 2.85. The number of nitrogens with zero attached hydrogens (tertiary/aromatic N) is 3. The molecule has 3 aromatic rings. The maximum Gasteiger partial charge on any atom is 0.408 e. The number of imidazole rings is 1. The maximum absolute atomic E-state index is 12.1. The summed E-state index contributed by atoms with van der Waals surface area (Å²) in [4.78, 5) is 21.2. The monoisotopic (exact) mass is 338 g/mol. The van der Waals surface area contributed by atoms with Gasteiger partial charge in [0.05, 0.1) is 6.04 Å². The Labute approximate surface area is 146 Å². The van der Waals surface area contributed by atoms with Crippen LogP contribution < -0.4 is 5.32 Å². The topological polar surface area (TPSA) is 69.0 Å². The van der Waals surface area contributed by atoms with Crippen molar-refractivity contribution >= 4 is 17.3 Å². The Morgan fingerprint density at radius 1 is 1.16 bits per heavy atom. The lowest BCUT2D eigenvalue weighted by atomic mass is 10.2. The first-order valence-corrected chi connectivity index (χ1v) is 8.23. The Bertz CT molecular complexity index is 881. The Hall–Kier alpha value is -2.89. The highest BCUT2D eigenvalue weighted by molar-refractivity contribution is 5.74. The molecule has 130 valence electrons. The number of hydrogen-bond acceptors (Lipinski definition) is 4. The van der Waals surface area contributed by atoms with E-state index in [2.05, 4.69) is 15.3 Å². The summed E-state index contributed by atoms with van der Waals surface area (Å²) >= 11 is 0. The Morgan fingerprint density at radius 2 is 1.88 bits per heavy atom. The van der Waals surface area contributed by atoms with Gasteiger partial charge in [-0.3, -0.25) is 4.57 Å². The molecule has 1 atom stereocenters. The second-order valence-electron chi connectivity index (χ2n) is 6.86. The van der Waals surface area contributed by atoms with Crippen molar-refractivity contribution in [3.05, 3.63) is 54.5 Å². The zero-order valence-corrected chi connectivity index (χ0v) is 14.9. The van der Waals surface area contributed by atoms with E-state index >= 15 is 0 Å². The van der Waals surface area contributed by atoms with Crippen LogP contribution in [0.3, 0.4) is 0 Å². The van der Waals surface area contributed by atoms with Gasteiger partial charge in [0.2, 0.25) is 0 Å². The summed E-state index contributed by atoms with van der Waals surface area (Å²) < 4.78 is 7.30. The molecule has 0 spiro atoms. The van der Waals surface area contributed by atoms with Crippen LogP contribution in [0.5, 0.6) is 0 Å². The van der Waals surface area contributed by atoms with E-state index in [4.69, 9.17) is 4.74 Å². The molecule has 0 saturated heterocycles. The van der Waals surface area contributed by atoms with Gasteiger partial charge in [-0.05, 0) is 52.0 Å². The first-order chi connectivity index (χ1) is 11.8. The fourth-order valence-electron chi connectivity index (χ4n) is 2.60. The van der Waals surface area contributed by atoms with Crippen molar-refractivity contribution in [2.75, 3.05) is 0 Å². The van der Waals surface area contributed by atoms with Crippen LogP contribution in [0.15, 0.2) is 48.7 Å². The molecule has 2 heterocycles. The van der Waals surface area contributed by atoms with Crippen molar-refractivity contribution in [2.24, 2.45) is 0 Å². The second-order valence-corrected chi connectivity index (χ2v) is 6.86. The molecule has 1 aromatic carbocycles. The summed E-state index contributed by atoms with van der Waals surface area (Å²) in [5.74, 6) is 0.700. The van der Waals surface area contributed by atoms with Crippen LogP contribution in [-0.4, -0.2) is 26.2 Å². The average molecular weight is 338 g/mol. The van der Waals surface area contributed by atoms with E-state index in [-0.39, 0.29) is 6.04 Å². The number of pyridine rings is 1. The van der Waals surface area contributed by atoms with E-state index < -0.39 is 11.7 Å². The number of fused-ring (bicyclic) bond motifs is 1. The molecule has 0 aliphatic heterocycles. The van der Waals surface area contributed by atoms with Crippen LogP contribution in [0.25, 0.3) is 16.9 Å². The first kappa shape index (κ1) is 17.0. The van der Waals surface area contributed by atoms with Crippen molar-refractivity contribution in [3.63, 3.8) is 0 Å². The van der Waals surface area contributed by atoms with Gasteiger partial charge in [-0.1, -0.05) is 18.2 Å². The van der Waals surface area contributed by atoms with Gasteiger partial charge < -0.3 is 10.1 Å². The predicted molar refractivity (Wildman–Crippen MR) is 96.6 cm³/mol. The number of rotatable bonds is 3. The lowest BCUT2D eigenvalue weighted by Gasteiger charge is -2.22. The molecule has 0 bridgehead atoms. The fourth-order valence-corrected chi connectivity index (χ4v) is 2.60. The zero-order chi connectivity index (χ0) is 18.0. The number of nitrogens with one attached hydrogen (secondary N) is 1. The smallest absolute Gasteiger partial charge is 0.408 e. The molecule has 1 amide bonds. The predicted octanol–water partition coefficient (Wildman–Crippen LogP) is 4.01. The van der Waals surface area contributed by atoms with E-state index in [1.165, 1.54) is 0 Å². The molecule has 0 aliphatic carbocycles. The summed E-state index contributed by atoms with van der Waals surface area (Å²) in [7, 11) is 0. The number of aromatic nitrogens is 3. The molecule has 6 heteroatoms. The van der Waals surface area contributed by atoms with Gasteiger partial charge in [0.1, 0.15) is 16.9 Å². The van der Waals surface area contributed by atoms with Gasteiger partial charge in [0, 0.05) is 11.9 Å². The number of amides is 1. The van der Waals surface area contributed by atoms with E-state index in [0.29, 0.717) is 5.82 Å². The fraction of sp³-hybridized carbons (Fsp3) is 0.316. The van der Waals surface area contributed by atoms with Gasteiger partial charge in [-0.25, -0.2) is 14.8 Å². The van der Waals surface area contributed by atoms with Crippen LogP contribution in [0.2, 0.25) is 0 Å². The summed E-state index contributed by atoms with van der Waals surface area (Å²) in [5.41, 5.74) is 1.92. The summed E-state index contributed by atoms with van der Waals surface area (Å²) in [6, 6.07) is 13.3. The van der Waals surface area contributed by atoms with E-state index in [9.17, 15) is 4.79 Å². The highest BCUT2D eigenvalue weighted by atomic mass is 16.6. The molecule has 0 radical (unpaired) electrons. The van der Waals surface area contributed by atoms with Crippen LogP contribution in [0.4, 0.5) is 4.79 Å². The molecule has 2 aromatic heterocycles.